The SMILES string of the molecule is FC(F)(F)c1ccc(-c2cc(Oc3cccc4scnc34)ncn2)cc1.O=C(O)C(F)(F)F. The van der Waals surface area contributed by atoms with E-state index in [0.717, 1.165) is 22.3 Å². The minimum absolute atomic E-state index is 0.287. The number of halogens is 6. The molecule has 1 N–H and O–H groups in total. The number of alkyl halides is 6. The van der Waals surface area contributed by atoms with Crippen LogP contribution in [0.15, 0.2) is 60.4 Å². The summed E-state index contributed by atoms with van der Waals surface area (Å²) in [6, 6.07) is 11.9. The van der Waals surface area contributed by atoms with E-state index in [-0.39, 0.29) is 5.88 Å². The first-order valence-corrected chi connectivity index (χ1v) is 9.63. The van der Waals surface area contributed by atoms with Gasteiger partial charge in [0.1, 0.15) is 11.8 Å². The molecule has 0 bridgehead atoms. The zero-order valence-corrected chi connectivity index (χ0v) is 16.9. The number of benzene rings is 2. The fourth-order valence-corrected chi connectivity index (χ4v) is 3.13. The highest BCUT2D eigenvalue weighted by Gasteiger charge is 2.38. The maximum atomic E-state index is 12.7. The van der Waals surface area contributed by atoms with Gasteiger partial charge in [-0.25, -0.2) is 19.7 Å². The van der Waals surface area contributed by atoms with Crippen LogP contribution in [0.1, 0.15) is 5.56 Å². The Morgan fingerprint density at radius 2 is 1.61 bits per heavy atom. The largest absolute Gasteiger partial charge is 0.490 e. The summed E-state index contributed by atoms with van der Waals surface area (Å²) >= 11 is 1.50. The lowest BCUT2D eigenvalue weighted by Crippen LogP contribution is -2.21. The maximum absolute atomic E-state index is 12.7. The van der Waals surface area contributed by atoms with Gasteiger partial charge in [0.25, 0.3) is 0 Å². The highest BCUT2D eigenvalue weighted by molar-refractivity contribution is 7.16. The van der Waals surface area contributed by atoms with Gasteiger partial charge >= 0.3 is 18.3 Å². The van der Waals surface area contributed by atoms with Gasteiger partial charge in [-0.15, -0.1) is 11.3 Å². The number of carbonyl (C=O) groups is 1. The summed E-state index contributed by atoms with van der Waals surface area (Å²) < 4.78 is 76.6. The molecule has 0 aliphatic carbocycles. The highest BCUT2D eigenvalue weighted by Crippen LogP contribution is 2.33. The van der Waals surface area contributed by atoms with Gasteiger partial charge < -0.3 is 9.84 Å². The van der Waals surface area contributed by atoms with Crippen molar-refractivity contribution in [2.45, 2.75) is 12.4 Å². The van der Waals surface area contributed by atoms with E-state index in [9.17, 15) is 26.3 Å². The van der Waals surface area contributed by atoms with Gasteiger partial charge in [0.15, 0.2) is 5.75 Å². The Labute approximate surface area is 185 Å². The van der Waals surface area contributed by atoms with Crippen molar-refractivity contribution in [1.82, 2.24) is 15.0 Å². The quantitative estimate of drug-likeness (QED) is 0.347. The molecule has 0 saturated heterocycles. The van der Waals surface area contributed by atoms with Crippen molar-refractivity contribution in [3.63, 3.8) is 0 Å². The zero-order valence-electron chi connectivity index (χ0n) is 16.1. The van der Waals surface area contributed by atoms with E-state index in [1.807, 2.05) is 12.1 Å². The Hall–Kier alpha value is -3.74. The number of para-hydroxylation sites is 1. The number of carboxylic acid groups (broad SMARTS) is 1. The van der Waals surface area contributed by atoms with Crippen LogP contribution < -0.4 is 4.74 Å². The van der Waals surface area contributed by atoms with Crippen LogP contribution in [-0.4, -0.2) is 32.2 Å². The standard InChI is InChI=1S/C18H10F3N3OS.C2HF3O2/c19-18(20,21)12-6-4-11(5-7-12)13-8-16(23-9-22-13)25-14-2-1-3-15-17(14)24-10-26-15;3-2(4,5)1(6)7/h1-10H;(H,6,7). The third-order valence-corrected chi connectivity index (χ3v) is 4.72. The molecule has 6 nitrogen and oxygen atoms in total. The number of fused-ring (bicyclic) bond motifs is 1. The van der Waals surface area contributed by atoms with Gasteiger partial charge in [-0.1, -0.05) is 18.2 Å². The molecule has 4 aromatic rings. The van der Waals surface area contributed by atoms with E-state index >= 15 is 0 Å². The van der Waals surface area contributed by atoms with Crippen molar-refractivity contribution in [1.29, 1.82) is 0 Å². The molecule has 0 aliphatic heterocycles. The van der Waals surface area contributed by atoms with Crippen LogP contribution in [0.5, 0.6) is 11.6 Å². The average molecular weight is 487 g/mol. The summed E-state index contributed by atoms with van der Waals surface area (Å²) in [5, 5.41) is 7.12. The summed E-state index contributed by atoms with van der Waals surface area (Å²) in [5.74, 6) is -1.91. The van der Waals surface area contributed by atoms with Crippen molar-refractivity contribution in [2.75, 3.05) is 0 Å². The number of hydrogen-bond donors (Lipinski definition) is 1. The molecule has 0 spiro atoms. The molecule has 0 unspecified atom stereocenters. The van der Waals surface area contributed by atoms with Gasteiger partial charge in [0.05, 0.1) is 21.5 Å². The van der Waals surface area contributed by atoms with Crippen molar-refractivity contribution >= 4 is 27.5 Å². The highest BCUT2D eigenvalue weighted by atomic mass is 32.1. The number of ether oxygens (including phenoxy) is 1. The van der Waals surface area contributed by atoms with Gasteiger partial charge in [0.2, 0.25) is 5.88 Å². The van der Waals surface area contributed by atoms with Crippen molar-refractivity contribution in [3.05, 3.63) is 65.9 Å². The second-order valence-electron chi connectivity index (χ2n) is 6.18. The number of aliphatic carboxylic acids is 1. The lowest BCUT2D eigenvalue weighted by atomic mass is 10.1. The molecule has 2 aromatic carbocycles. The van der Waals surface area contributed by atoms with E-state index in [2.05, 4.69) is 15.0 Å². The number of carboxylic acids is 1. The second kappa shape index (κ2) is 9.40. The Morgan fingerprint density at radius 3 is 2.21 bits per heavy atom. The Balaban J connectivity index is 0.000000383. The predicted octanol–water partition coefficient (Wildman–Crippen LogP) is 6.20. The van der Waals surface area contributed by atoms with E-state index in [1.165, 1.54) is 29.8 Å². The number of hydrogen-bond acceptors (Lipinski definition) is 6. The molecule has 0 saturated carbocycles. The molecule has 2 heterocycles. The Bertz CT molecular complexity index is 1260. The van der Waals surface area contributed by atoms with E-state index < -0.39 is 23.9 Å². The number of aromatic nitrogens is 3. The lowest BCUT2D eigenvalue weighted by Gasteiger charge is -2.09. The van der Waals surface area contributed by atoms with E-state index in [0.29, 0.717) is 17.0 Å². The first-order valence-electron chi connectivity index (χ1n) is 8.75. The molecule has 0 amide bonds. The fraction of sp³-hybridized carbons (Fsp3) is 0.100. The van der Waals surface area contributed by atoms with E-state index in [4.69, 9.17) is 14.6 Å². The van der Waals surface area contributed by atoms with Crippen molar-refractivity contribution < 1.29 is 41.0 Å². The first-order chi connectivity index (χ1) is 15.4. The van der Waals surface area contributed by atoms with E-state index in [1.54, 1.807) is 17.6 Å². The topological polar surface area (TPSA) is 85.2 Å². The van der Waals surface area contributed by atoms with Crippen LogP contribution in [0, 0.1) is 0 Å². The molecule has 0 aliphatic rings. The normalized spacial score (nSPS) is 11.6. The first kappa shape index (κ1) is 23.9. The molecule has 2 aromatic heterocycles. The van der Waals surface area contributed by atoms with Crippen molar-refractivity contribution in [3.8, 4) is 22.9 Å². The molecular formula is C20H11F6N3O3S. The number of nitrogens with zero attached hydrogens (tertiary/aromatic N) is 3. The Kier molecular flexibility index (Phi) is 6.81. The monoisotopic (exact) mass is 487 g/mol. The van der Waals surface area contributed by atoms with Crippen LogP contribution in [0.4, 0.5) is 26.3 Å². The van der Waals surface area contributed by atoms with Crippen molar-refractivity contribution in [2.24, 2.45) is 0 Å². The minimum atomic E-state index is -5.08. The molecule has 0 atom stereocenters. The molecule has 13 heteroatoms. The minimum Gasteiger partial charge on any atom is -0.475 e. The summed E-state index contributed by atoms with van der Waals surface area (Å²) in [5.41, 5.74) is 2.76. The molecule has 0 radical (unpaired) electrons. The average Bonchev–Trinajstić information content (AvgIpc) is 3.23. The van der Waals surface area contributed by atoms with Gasteiger partial charge in [0, 0.05) is 11.6 Å². The third kappa shape index (κ3) is 6.16. The van der Waals surface area contributed by atoms with Gasteiger partial charge in [-0.2, -0.15) is 26.3 Å². The second-order valence-corrected chi connectivity index (χ2v) is 7.06. The third-order valence-electron chi connectivity index (χ3n) is 3.93. The summed E-state index contributed by atoms with van der Waals surface area (Å²) in [7, 11) is 0. The Morgan fingerprint density at radius 1 is 0.939 bits per heavy atom. The van der Waals surface area contributed by atoms with Crippen LogP contribution in [0.25, 0.3) is 21.5 Å². The molecular weight excluding hydrogens is 476 g/mol. The van der Waals surface area contributed by atoms with Crippen LogP contribution in [0.2, 0.25) is 0 Å². The molecule has 172 valence electrons. The van der Waals surface area contributed by atoms with Gasteiger partial charge in [-0.3, -0.25) is 0 Å². The zero-order chi connectivity index (χ0) is 24.2. The fourth-order valence-electron chi connectivity index (χ4n) is 2.44. The number of thiazole rings is 1. The summed E-state index contributed by atoms with van der Waals surface area (Å²) in [6.45, 7) is 0. The lowest BCUT2D eigenvalue weighted by molar-refractivity contribution is -0.192. The van der Waals surface area contributed by atoms with Crippen LogP contribution in [0.3, 0.4) is 0 Å². The molecule has 4 rings (SSSR count). The summed E-state index contributed by atoms with van der Waals surface area (Å²) in [6.07, 6.45) is -8.14. The predicted molar refractivity (Wildman–Crippen MR) is 106 cm³/mol. The number of rotatable bonds is 3. The summed E-state index contributed by atoms with van der Waals surface area (Å²) in [4.78, 5) is 21.3. The van der Waals surface area contributed by atoms with Gasteiger partial charge in [-0.05, 0) is 24.3 Å². The molecule has 0 fully saturated rings. The molecule has 33 heavy (non-hydrogen) atoms. The maximum Gasteiger partial charge on any atom is 0.490 e. The smallest absolute Gasteiger partial charge is 0.475 e. The van der Waals surface area contributed by atoms with Crippen LogP contribution >= 0.6 is 11.3 Å². The van der Waals surface area contributed by atoms with Crippen LogP contribution in [-0.2, 0) is 11.0 Å².